The van der Waals surface area contributed by atoms with Gasteiger partial charge < -0.3 is 10.4 Å². The Hall–Kier alpha value is -0.340. The van der Waals surface area contributed by atoms with Crippen molar-refractivity contribution < 1.29 is 5.11 Å². The van der Waals surface area contributed by atoms with Gasteiger partial charge in [-0.25, -0.2) is 0 Å². The molecule has 1 aliphatic carbocycles. The van der Waals surface area contributed by atoms with Crippen molar-refractivity contribution in [2.24, 2.45) is 5.92 Å². The Morgan fingerprint density at radius 1 is 1.43 bits per heavy atom. The first kappa shape index (κ1) is 11.7. The molecule has 1 unspecified atom stereocenters. The second-order valence-corrected chi connectivity index (χ2v) is 4.32. The molecule has 0 radical (unpaired) electrons. The first-order valence-electron chi connectivity index (χ1n) is 5.82. The van der Waals surface area contributed by atoms with Crippen molar-refractivity contribution in [2.45, 2.75) is 44.6 Å². The molecule has 0 amide bonds. The van der Waals surface area contributed by atoms with Gasteiger partial charge in [0, 0.05) is 6.54 Å². The Kier molecular flexibility index (Phi) is 5.88. The van der Waals surface area contributed by atoms with Gasteiger partial charge in [-0.1, -0.05) is 31.8 Å². The van der Waals surface area contributed by atoms with Crippen molar-refractivity contribution >= 4 is 0 Å². The van der Waals surface area contributed by atoms with Crippen molar-refractivity contribution in [3.05, 3.63) is 12.7 Å². The summed E-state index contributed by atoms with van der Waals surface area (Å²) in [5.41, 5.74) is 0. The molecule has 1 saturated carbocycles. The highest BCUT2D eigenvalue weighted by molar-refractivity contribution is 4.73. The number of hydrogen-bond acceptors (Lipinski definition) is 2. The zero-order chi connectivity index (χ0) is 10.2. The molecule has 0 aromatic heterocycles. The summed E-state index contributed by atoms with van der Waals surface area (Å²) >= 11 is 0. The van der Waals surface area contributed by atoms with Crippen molar-refractivity contribution in [1.82, 2.24) is 5.32 Å². The molecule has 0 aromatic carbocycles. The molecule has 0 aromatic rings. The molecule has 14 heavy (non-hydrogen) atoms. The van der Waals surface area contributed by atoms with Crippen LogP contribution in [0.4, 0.5) is 0 Å². The van der Waals surface area contributed by atoms with Gasteiger partial charge in [-0.3, -0.25) is 0 Å². The van der Waals surface area contributed by atoms with Crippen molar-refractivity contribution in [1.29, 1.82) is 0 Å². The van der Waals surface area contributed by atoms with Gasteiger partial charge in [-0.15, -0.1) is 6.58 Å². The summed E-state index contributed by atoms with van der Waals surface area (Å²) in [6.45, 7) is 5.33. The molecule has 0 bridgehead atoms. The maximum Gasteiger partial charge on any atom is 0.0667 e. The summed E-state index contributed by atoms with van der Waals surface area (Å²) in [6, 6.07) is 0. The Morgan fingerprint density at radius 3 is 2.79 bits per heavy atom. The highest BCUT2D eigenvalue weighted by Gasteiger charge is 2.18. The molecule has 2 nitrogen and oxygen atoms in total. The van der Waals surface area contributed by atoms with Gasteiger partial charge >= 0.3 is 0 Å². The smallest absolute Gasteiger partial charge is 0.0667 e. The van der Waals surface area contributed by atoms with Gasteiger partial charge in [0.1, 0.15) is 0 Å². The molecular formula is C12H23NO. The minimum absolute atomic E-state index is 0.150. The molecule has 1 rings (SSSR count). The van der Waals surface area contributed by atoms with E-state index in [0.29, 0.717) is 0 Å². The van der Waals surface area contributed by atoms with Gasteiger partial charge in [-0.05, 0) is 25.3 Å². The van der Waals surface area contributed by atoms with Crippen LogP contribution in [0, 0.1) is 5.92 Å². The highest BCUT2D eigenvalue weighted by Crippen LogP contribution is 2.28. The lowest BCUT2D eigenvalue weighted by atomic mass is 10.0. The maximum absolute atomic E-state index is 9.72. The molecule has 1 atom stereocenters. The van der Waals surface area contributed by atoms with Gasteiger partial charge in [-0.2, -0.15) is 0 Å². The van der Waals surface area contributed by atoms with Crippen LogP contribution in [0.25, 0.3) is 0 Å². The summed E-state index contributed by atoms with van der Waals surface area (Å²) < 4.78 is 0. The van der Waals surface area contributed by atoms with E-state index in [1.54, 1.807) is 0 Å². The monoisotopic (exact) mass is 197 g/mol. The van der Waals surface area contributed by atoms with Crippen LogP contribution in [0.15, 0.2) is 12.7 Å². The maximum atomic E-state index is 9.72. The Bertz CT molecular complexity index is 152. The van der Waals surface area contributed by atoms with E-state index in [1.165, 1.54) is 25.7 Å². The molecule has 0 aliphatic heterocycles. The van der Waals surface area contributed by atoms with Crippen LogP contribution >= 0.6 is 0 Å². The summed E-state index contributed by atoms with van der Waals surface area (Å²) in [5, 5.41) is 13.0. The average molecular weight is 197 g/mol. The highest BCUT2D eigenvalue weighted by atomic mass is 16.3. The van der Waals surface area contributed by atoms with E-state index in [0.717, 1.165) is 31.8 Å². The molecule has 82 valence electrons. The van der Waals surface area contributed by atoms with Crippen LogP contribution < -0.4 is 5.32 Å². The summed E-state index contributed by atoms with van der Waals surface area (Å²) in [5.74, 6) is 0.784. The number of hydrogen-bond donors (Lipinski definition) is 2. The Morgan fingerprint density at radius 2 is 2.14 bits per heavy atom. The lowest BCUT2D eigenvalue weighted by molar-refractivity contribution is 0.141. The second kappa shape index (κ2) is 7.02. The van der Waals surface area contributed by atoms with Crippen LogP contribution in [0.1, 0.15) is 38.5 Å². The van der Waals surface area contributed by atoms with E-state index in [-0.39, 0.29) is 6.10 Å². The number of aliphatic hydroxyl groups excluding tert-OH is 1. The van der Waals surface area contributed by atoms with Crippen molar-refractivity contribution in [3.8, 4) is 0 Å². The van der Waals surface area contributed by atoms with E-state index in [2.05, 4.69) is 11.9 Å². The van der Waals surface area contributed by atoms with Gasteiger partial charge in [0.25, 0.3) is 0 Å². The van der Waals surface area contributed by atoms with Crippen LogP contribution in [0.2, 0.25) is 0 Å². The lowest BCUT2D eigenvalue weighted by Crippen LogP contribution is -2.28. The van der Waals surface area contributed by atoms with E-state index >= 15 is 0 Å². The number of nitrogens with one attached hydrogen (secondary N) is 1. The Balaban J connectivity index is 1.97. The number of rotatable bonds is 7. The normalized spacial score (nSPS) is 19.8. The average Bonchev–Trinajstić information content (AvgIpc) is 2.65. The minimum atomic E-state index is -0.150. The zero-order valence-corrected chi connectivity index (χ0v) is 9.04. The number of aliphatic hydroxyl groups is 1. The molecule has 0 spiro atoms. The van der Waals surface area contributed by atoms with Crippen molar-refractivity contribution in [2.75, 3.05) is 13.1 Å². The first-order valence-corrected chi connectivity index (χ1v) is 5.82. The standard InChI is InChI=1S/C12H23NO/c1-2-3-8-13-10-12(14)9-11-6-4-5-7-11/h2,11-14H,1,3-10H2. The summed E-state index contributed by atoms with van der Waals surface area (Å²) in [7, 11) is 0. The molecule has 2 heteroatoms. The topological polar surface area (TPSA) is 32.3 Å². The minimum Gasteiger partial charge on any atom is -0.392 e. The fraction of sp³-hybridized carbons (Fsp3) is 0.833. The first-order chi connectivity index (χ1) is 6.83. The zero-order valence-electron chi connectivity index (χ0n) is 9.04. The van der Waals surface area contributed by atoms with Crippen LogP contribution in [-0.4, -0.2) is 24.3 Å². The van der Waals surface area contributed by atoms with Gasteiger partial charge in [0.15, 0.2) is 0 Å². The molecular weight excluding hydrogens is 174 g/mol. The third-order valence-electron chi connectivity index (χ3n) is 2.99. The van der Waals surface area contributed by atoms with E-state index < -0.39 is 0 Å². The SMILES string of the molecule is C=CCCNCC(O)CC1CCCC1. The van der Waals surface area contributed by atoms with Gasteiger partial charge in [0.05, 0.1) is 6.10 Å². The summed E-state index contributed by atoms with van der Waals surface area (Å²) in [6.07, 6.45) is 9.09. The predicted molar refractivity (Wildman–Crippen MR) is 60.3 cm³/mol. The lowest BCUT2D eigenvalue weighted by Gasteiger charge is -2.15. The fourth-order valence-electron chi connectivity index (χ4n) is 2.19. The van der Waals surface area contributed by atoms with Crippen LogP contribution in [0.5, 0.6) is 0 Å². The molecule has 2 N–H and O–H groups in total. The van der Waals surface area contributed by atoms with Crippen LogP contribution in [0.3, 0.4) is 0 Å². The quantitative estimate of drug-likeness (QED) is 0.484. The third kappa shape index (κ3) is 4.77. The molecule has 0 heterocycles. The summed E-state index contributed by atoms with van der Waals surface area (Å²) in [4.78, 5) is 0. The largest absolute Gasteiger partial charge is 0.392 e. The predicted octanol–water partition coefficient (Wildman–Crippen LogP) is 2.09. The van der Waals surface area contributed by atoms with E-state index in [4.69, 9.17) is 0 Å². The molecule has 1 fully saturated rings. The van der Waals surface area contributed by atoms with Gasteiger partial charge in [0.2, 0.25) is 0 Å². The molecule has 0 saturated heterocycles. The fourth-order valence-corrected chi connectivity index (χ4v) is 2.19. The molecule has 1 aliphatic rings. The van der Waals surface area contributed by atoms with Crippen LogP contribution in [-0.2, 0) is 0 Å². The van der Waals surface area contributed by atoms with Crippen molar-refractivity contribution in [3.63, 3.8) is 0 Å². The van der Waals surface area contributed by atoms with E-state index in [9.17, 15) is 5.11 Å². The van der Waals surface area contributed by atoms with E-state index in [1.807, 2.05) is 6.08 Å². The Labute approximate surface area is 87.4 Å². The second-order valence-electron chi connectivity index (χ2n) is 4.32. The third-order valence-corrected chi connectivity index (χ3v) is 2.99.